The highest BCUT2D eigenvalue weighted by Gasteiger charge is 2.34. The van der Waals surface area contributed by atoms with Crippen molar-refractivity contribution in [1.29, 1.82) is 0 Å². The number of Topliss-reactive ketones (excluding diaryl/α,β-unsaturated/α-hetero) is 1. The molecule has 0 saturated carbocycles. The Hall–Kier alpha value is -3.11. The number of fused-ring (bicyclic) bond motifs is 1. The zero-order valence-electron chi connectivity index (χ0n) is 18.8. The Morgan fingerprint density at radius 1 is 1.09 bits per heavy atom. The molecule has 2 amide bonds. The average Bonchev–Trinajstić information content (AvgIpc) is 2.87. The minimum Gasteiger partial charge on any atom is -0.479 e. The van der Waals surface area contributed by atoms with Crippen molar-refractivity contribution in [2.75, 3.05) is 19.7 Å². The maximum atomic E-state index is 14.0. The molecular weight excluding hydrogens is 457 g/mol. The number of ether oxygens (including phenoxy) is 2. The van der Waals surface area contributed by atoms with Crippen molar-refractivity contribution < 1.29 is 41.8 Å². The third kappa shape index (κ3) is 6.06. The van der Waals surface area contributed by atoms with Gasteiger partial charge in [-0.25, -0.2) is 8.78 Å². The number of carbonyl (C=O) groups is 4. The van der Waals surface area contributed by atoms with Crippen LogP contribution in [0.4, 0.5) is 13.2 Å². The maximum Gasteiger partial charge on any atom is 0.313 e. The number of nitrogens with zero attached hydrogens (tertiary/aromatic N) is 1. The monoisotopic (exact) mass is 484 g/mol. The zero-order valence-corrected chi connectivity index (χ0v) is 18.8. The Kier molecular flexibility index (Phi) is 8.51. The van der Waals surface area contributed by atoms with Crippen molar-refractivity contribution in [3.05, 3.63) is 23.5 Å². The van der Waals surface area contributed by atoms with E-state index in [0.717, 1.165) is 19.3 Å². The summed E-state index contributed by atoms with van der Waals surface area (Å²) in [7, 11) is 0. The van der Waals surface area contributed by atoms with Crippen LogP contribution < -0.4 is 14.8 Å². The third-order valence-corrected chi connectivity index (χ3v) is 5.95. The Bertz CT molecular complexity index is 963. The first-order valence-corrected chi connectivity index (χ1v) is 11.3. The molecule has 1 aromatic rings. The predicted molar refractivity (Wildman–Crippen MR) is 112 cm³/mol. The molecule has 0 aromatic heterocycles. The summed E-state index contributed by atoms with van der Waals surface area (Å²) >= 11 is 0. The minimum atomic E-state index is -1.60. The fourth-order valence-corrected chi connectivity index (χ4v) is 3.96. The van der Waals surface area contributed by atoms with Crippen molar-refractivity contribution in [1.82, 2.24) is 10.2 Å². The van der Waals surface area contributed by atoms with E-state index in [0.29, 0.717) is 32.4 Å². The third-order valence-electron chi connectivity index (χ3n) is 5.95. The van der Waals surface area contributed by atoms with Crippen LogP contribution in [0.1, 0.15) is 51.9 Å². The van der Waals surface area contributed by atoms with E-state index < -0.39 is 71.6 Å². The van der Waals surface area contributed by atoms with Gasteiger partial charge in [0.25, 0.3) is 0 Å². The molecule has 0 spiro atoms. The Morgan fingerprint density at radius 3 is 2.47 bits per heavy atom. The van der Waals surface area contributed by atoms with Crippen LogP contribution >= 0.6 is 0 Å². The van der Waals surface area contributed by atoms with Crippen molar-refractivity contribution in [2.24, 2.45) is 5.92 Å². The van der Waals surface area contributed by atoms with Gasteiger partial charge in [-0.05, 0) is 19.3 Å². The van der Waals surface area contributed by atoms with Crippen molar-refractivity contribution >= 4 is 23.6 Å². The Balaban J connectivity index is 1.60. The first-order chi connectivity index (χ1) is 16.2. The van der Waals surface area contributed by atoms with Crippen LogP contribution in [-0.4, -0.2) is 54.2 Å². The normalized spacial score (nSPS) is 19.3. The summed E-state index contributed by atoms with van der Waals surface area (Å²) in [6.07, 6.45) is 3.44. The number of benzene rings is 1. The molecule has 0 aliphatic carbocycles. The summed E-state index contributed by atoms with van der Waals surface area (Å²) in [5.41, 5.74) is 0. The van der Waals surface area contributed by atoms with E-state index in [2.05, 4.69) is 12.2 Å². The summed E-state index contributed by atoms with van der Waals surface area (Å²) in [5.74, 6) is -9.34. The summed E-state index contributed by atoms with van der Waals surface area (Å²) in [4.78, 5) is 51.5. The van der Waals surface area contributed by atoms with Gasteiger partial charge < -0.3 is 19.7 Å². The lowest BCUT2D eigenvalue weighted by Crippen LogP contribution is -2.49. The topological polar surface area (TPSA) is 102 Å². The summed E-state index contributed by atoms with van der Waals surface area (Å²) in [6, 6.07) is -1.15. The lowest BCUT2D eigenvalue weighted by molar-refractivity contribution is -0.139. The molecule has 1 fully saturated rings. The van der Waals surface area contributed by atoms with Gasteiger partial charge in [0.05, 0.1) is 6.42 Å². The molecule has 2 aliphatic rings. The van der Waals surface area contributed by atoms with Gasteiger partial charge in [-0.2, -0.15) is 4.39 Å². The second kappa shape index (κ2) is 11.3. The Labute approximate surface area is 194 Å². The zero-order chi connectivity index (χ0) is 24.8. The van der Waals surface area contributed by atoms with E-state index in [1.807, 2.05) is 0 Å². The first-order valence-electron chi connectivity index (χ1n) is 11.3. The number of hydrogen-bond acceptors (Lipinski definition) is 6. The molecule has 1 atom stereocenters. The van der Waals surface area contributed by atoms with Crippen LogP contribution in [-0.2, 0) is 19.2 Å². The molecule has 186 valence electrons. The van der Waals surface area contributed by atoms with Crippen LogP contribution in [0.2, 0.25) is 0 Å². The van der Waals surface area contributed by atoms with Crippen LogP contribution in [0.5, 0.6) is 11.5 Å². The van der Waals surface area contributed by atoms with E-state index in [1.165, 1.54) is 0 Å². The highest BCUT2D eigenvalue weighted by atomic mass is 19.2. The molecule has 0 radical (unpaired) electrons. The fourth-order valence-electron chi connectivity index (χ4n) is 3.96. The van der Waals surface area contributed by atoms with Crippen molar-refractivity contribution in [2.45, 2.75) is 57.9 Å². The second-order valence-electron chi connectivity index (χ2n) is 8.42. The molecule has 3 rings (SSSR count). The lowest BCUT2D eigenvalue weighted by atomic mass is 9.94. The number of likely N-dealkylation sites (tertiary alicyclic amines) is 1. The van der Waals surface area contributed by atoms with Gasteiger partial charge in [0.15, 0.2) is 17.4 Å². The van der Waals surface area contributed by atoms with Gasteiger partial charge in [-0.1, -0.05) is 19.8 Å². The number of amides is 2. The van der Waals surface area contributed by atoms with Crippen LogP contribution in [0.15, 0.2) is 6.07 Å². The maximum absolute atomic E-state index is 14.0. The summed E-state index contributed by atoms with van der Waals surface area (Å²) in [6.45, 7) is 2.04. The molecule has 11 heteroatoms. The molecule has 1 N–H and O–H groups in total. The molecule has 1 saturated heterocycles. The molecule has 1 unspecified atom stereocenters. The molecular formula is C23H27F3N2O6. The lowest BCUT2D eigenvalue weighted by Gasteiger charge is -2.32. The fraction of sp³-hybridized carbons (Fsp3) is 0.565. The number of carbonyl (C=O) groups excluding carboxylic acids is 4. The van der Waals surface area contributed by atoms with Crippen LogP contribution in [0.3, 0.4) is 0 Å². The largest absolute Gasteiger partial charge is 0.479 e. The number of piperidine rings is 1. The summed E-state index contributed by atoms with van der Waals surface area (Å²) < 4.78 is 51.2. The molecule has 2 aliphatic heterocycles. The van der Waals surface area contributed by atoms with Crippen LogP contribution in [0.25, 0.3) is 0 Å². The standard InChI is InChI=1S/C23H27F3N2O6/c1-2-3-4-5-18(30)28-8-6-13(7-9-28)23(32)27-16-11-19(31)34-21-15(25)10-14(24)20(26)22(21)33-12-17(16)29/h10,13,16H,2-9,11-12H2,1H3,(H,27,32). The molecule has 1 aromatic carbocycles. The SMILES string of the molecule is CCCCCC(=O)N1CCC(C(=O)NC2CC(=O)Oc3c(F)cc(F)c(F)c3OCC2=O)CC1. The molecule has 34 heavy (non-hydrogen) atoms. The minimum absolute atomic E-state index is 0.0501. The predicted octanol–water partition coefficient (Wildman–Crippen LogP) is 2.66. The van der Waals surface area contributed by atoms with Gasteiger partial charge >= 0.3 is 5.97 Å². The smallest absolute Gasteiger partial charge is 0.313 e. The van der Waals surface area contributed by atoms with E-state index in [-0.39, 0.29) is 12.0 Å². The van der Waals surface area contributed by atoms with Crippen LogP contribution in [0, 0.1) is 23.4 Å². The molecule has 0 bridgehead atoms. The first kappa shape index (κ1) is 25.5. The second-order valence-corrected chi connectivity index (χ2v) is 8.42. The Morgan fingerprint density at radius 2 is 1.79 bits per heavy atom. The number of rotatable bonds is 6. The van der Waals surface area contributed by atoms with E-state index in [9.17, 15) is 32.3 Å². The van der Waals surface area contributed by atoms with Crippen molar-refractivity contribution in [3.63, 3.8) is 0 Å². The molecule has 2 heterocycles. The number of unbranched alkanes of at least 4 members (excludes halogenated alkanes) is 2. The quantitative estimate of drug-likeness (QED) is 0.288. The number of hydrogen-bond donors (Lipinski definition) is 1. The van der Waals surface area contributed by atoms with E-state index >= 15 is 0 Å². The average molecular weight is 484 g/mol. The van der Waals surface area contributed by atoms with Gasteiger partial charge in [0, 0.05) is 31.5 Å². The van der Waals surface area contributed by atoms with Gasteiger partial charge in [0.1, 0.15) is 12.6 Å². The number of nitrogens with one attached hydrogen (secondary N) is 1. The highest BCUT2D eigenvalue weighted by Crippen LogP contribution is 2.36. The number of ketones is 1. The number of esters is 1. The van der Waals surface area contributed by atoms with E-state index in [4.69, 9.17) is 9.47 Å². The van der Waals surface area contributed by atoms with E-state index in [1.54, 1.807) is 4.90 Å². The highest BCUT2D eigenvalue weighted by molar-refractivity contribution is 5.94. The summed E-state index contributed by atoms with van der Waals surface area (Å²) in [5, 5.41) is 2.48. The van der Waals surface area contributed by atoms with Crippen molar-refractivity contribution in [3.8, 4) is 11.5 Å². The van der Waals surface area contributed by atoms with Gasteiger partial charge in [-0.3, -0.25) is 19.2 Å². The molecule has 8 nitrogen and oxygen atoms in total. The van der Waals surface area contributed by atoms with Gasteiger partial charge in [-0.15, -0.1) is 0 Å². The van der Waals surface area contributed by atoms with Gasteiger partial charge in [0.2, 0.25) is 29.1 Å². The number of halogens is 3.